The van der Waals surface area contributed by atoms with E-state index in [1.165, 1.54) is 0 Å². The Hall–Kier alpha value is -1.88. The first-order chi connectivity index (χ1) is 10.0. The van der Waals surface area contributed by atoms with Gasteiger partial charge in [-0.2, -0.15) is 0 Å². The van der Waals surface area contributed by atoms with Crippen LogP contribution in [0.1, 0.15) is 43.1 Å². The summed E-state index contributed by atoms with van der Waals surface area (Å²) < 4.78 is 0. The van der Waals surface area contributed by atoms with Gasteiger partial charge in [-0.15, -0.1) is 0 Å². The number of nitrogens with zero attached hydrogens (tertiary/aromatic N) is 1. The van der Waals surface area contributed by atoms with Gasteiger partial charge in [0.15, 0.2) is 0 Å². The van der Waals surface area contributed by atoms with Crippen molar-refractivity contribution in [3.05, 3.63) is 35.4 Å². The summed E-state index contributed by atoms with van der Waals surface area (Å²) in [4.78, 5) is 25.1. The lowest BCUT2D eigenvalue weighted by atomic mass is 10.1. The predicted octanol–water partition coefficient (Wildman–Crippen LogP) is 2.12. The van der Waals surface area contributed by atoms with Crippen molar-refractivity contribution in [1.82, 2.24) is 10.2 Å². The van der Waals surface area contributed by atoms with Gasteiger partial charge in [-0.1, -0.05) is 32.9 Å². The van der Waals surface area contributed by atoms with E-state index in [9.17, 15) is 9.59 Å². The molecule has 0 fully saturated rings. The lowest BCUT2D eigenvalue weighted by molar-refractivity contribution is -0.126. The Morgan fingerprint density at radius 1 is 1.14 bits per heavy atom. The van der Waals surface area contributed by atoms with Crippen LogP contribution in [0.25, 0.3) is 0 Å². The van der Waals surface area contributed by atoms with Crippen LogP contribution in [0.5, 0.6) is 0 Å². The summed E-state index contributed by atoms with van der Waals surface area (Å²) in [6.45, 7) is 8.19. The fourth-order valence-electron chi connectivity index (χ4n) is 2.35. The van der Waals surface area contributed by atoms with E-state index in [-0.39, 0.29) is 17.5 Å². The summed E-state index contributed by atoms with van der Waals surface area (Å²) in [7, 11) is 0. The molecule has 1 rings (SSSR count). The molecule has 0 saturated heterocycles. The quantitative estimate of drug-likeness (QED) is 0.770. The van der Waals surface area contributed by atoms with Crippen LogP contribution in [0.15, 0.2) is 24.3 Å². The number of benzene rings is 1. The van der Waals surface area contributed by atoms with E-state index in [0.29, 0.717) is 6.54 Å². The van der Waals surface area contributed by atoms with Gasteiger partial charge in [0.2, 0.25) is 5.91 Å². The molecule has 0 heterocycles. The molecule has 0 aromatic heterocycles. The Labute approximate surface area is 126 Å². The molecule has 2 N–H and O–H groups in total. The number of hydrogen-bond donors (Lipinski definition) is 2. The van der Waals surface area contributed by atoms with Crippen LogP contribution in [0, 0.1) is 0 Å². The van der Waals surface area contributed by atoms with Crippen LogP contribution in [0.4, 0.5) is 0 Å². The number of carboxylic acid groups (broad SMARTS) is 1. The van der Waals surface area contributed by atoms with Crippen LogP contribution in [-0.4, -0.2) is 41.0 Å². The molecule has 0 aliphatic rings. The fourth-order valence-corrected chi connectivity index (χ4v) is 2.35. The minimum Gasteiger partial charge on any atom is -0.478 e. The average Bonchev–Trinajstić information content (AvgIpc) is 2.50. The normalized spacial score (nSPS) is 12.2. The Balaban J connectivity index is 2.60. The van der Waals surface area contributed by atoms with E-state index in [1.807, 2.05) is 20.8 Å². The smallest absolute Gasteiger partial charge is 0.335 e. The summed E-state index contributed by atoms with van der Waals surface area (Å²) in [5, 5.41) is 11.8. The molecule has 0 spiro atoms. The second-order valence-electron chi connectivity index (χ2n) is 4.87. The van der Waals surface area contributed by atoms with Gasteiger partial charge >= 0.3 is 5.97 Å². The Morgan fingerprint density at radius 3 is 2.14 bits per heavy atom. The Kier molecular flexibility index (Phi) is 6.88. The molecular formula is C16H24N2O3. The first kappa shape index (κ1) is 17.2. The van der Waals surface area contributed by atoms with E-state index in [1.54, 1.807) is 24.3 Å². The predicted molar refractivity (Wildman–Crippen MR) is 82.2 cm³/mol. The average molecular weight is 292 g/mol. The van der Waals surface area contributed by atoms with Gasteiger partial charge in [0.05, 0.1) is 11.6 Å². The Bertz CT molecular complexity index is 467. The maximum Gasteiger partial charge on any atom is 0.335 e. The minimum absolute atomic E-state index is 0.0171. The van der Waals surface area contributed by atoms with Crippen molar-refractivity contribution >= 4 is 11.9 Å². The van der Waals surface area contributed by atoms with Crippen molar-refractivity contribution in [3.8, 4) is 0 Å². The second kappa shape index (κ2) is 8.42. The van der Waals surface area contributed by atoms with Crippen molar-refractivity contribution in [1.29, 1.82) is 0 Å². The van der Waals surface area contributed by atoms with Gasteiger partial charge in [0.25, 0.3) is 0 Å². The number of amides is 1. The van der Waals surface area contributed by atoms with E-state index >= 15 is 0 Å². The SMILES string of the molecule is CCC(C(=O)NCc1ccc(C(=O)O)cc1)N(CC)CC. The number of aromatic carboxylic acids is 1. The van der Waals surface area contributed by atoms with Crippen molar-refractivity contribution in [2.75, 3.05) is 13.1 Å². The highest BCUT2D eigenvalue weighted by molar-refractivity contribution is 5.87. The van der Waals surface area contributed by atoms with Crippen LogP contribution in [0.3, 0.4) is 0 Å². The maximum atomic E-state index is 12.2. The van der Waals surface area contributed by atoms with Crippen molar-refractivity contribution in [2.45, 2.75) is 39.8 Å². The molecule has 5 heteroatoms. The van der Waals surface area contributed by atoms with E-state index in [4.69, 9.17) is 5.11 Å². The molecule has 0 radical (unpaired) electrons. The zero-order valence-corrected chi connectivity index (χ0v) is 12.9. The van der Waals surface area contributed by atoms with Gasteiger partial charge < -0.3 is 10.4 Å². The number of nitrogens with one attached hydrogen (secondary N) is 1. The largest absolute Gasteiger partial charge is 0.478 e. The molecule has 21 heavy (non-hydrogen) atoms. The van der Waals surface area contributed by atoms with Crippen LogP contribution >= 0.6 is 0 Å². The topological polar surface area (TPSA) is 69.6 Å². The number of carbonyl (C=O) groups excluding carboxylic acids is 1. The van der Waals surface area contributed by atoms with Crippen LogP contribution in [-0.2, 0) is 11.3 Å². The third-order valence-corrected chi connectivity index (χ3v) is 3.61. The highest BCUT2D eigenvalue weighted by Gasteiger charge is 2.21. The number of carbonyl (C=O) groups is 2. The molecule has 1 aromatic rings. The van der Waals surface area contributed by atoms with Crippen molar-refractivity contribution in [2.24, 2.45) is 0 Å². The molecule has 0 aliphatic heterocycles. The molecular weight excluding hydrogens is 268 g/mol. The highest BCUT2D eigenvalue weighted by atomic mass is 16.4. The third-order valence-electron chi connectivity index (χ3n) is 3.61. The molecule has 1 atom stereocenters. The molecule has 1 unspecified atom stereocenters. The molecule has 0 aliphatic carbocycles. The number of hydrogen-bond acceptors (Lipinski definition) is 3. The monoisotopic (exact) mass is 292 g/mol. The van der Waals surface area contributed by atoms with Crippen molar-refractivity contribution < 1.29 is 14.7 Å². The molecule has 5 nitrogen and oxygen atoms in total. The molecule has 116 valence electrons. The molecule has 0 bridgehead atoms. The van der Waals surface area contributed by atoms with Crippen molar-refractivity contribution in [3.63, 3.8) is 0 Å². The zero-order valence-electron chi connectivity index (χ0n) is 12.9. The van der Waals surface area contributed by atoms with Gasteiger partial charge in [-0.05, 0) is 37.2 Å². The number of carboxylic acids is 1. The summed E-state index contributed by atoms with van der Waals surface area (Å²) in [5.74, 6) is -0.929. The molecule has 0 saturated carbocycles. The lowest BCUT2D eigenvalue weighted by Gasteiger charge is -2.27. The first-order valence-electron chi connectivity index (χ1n) is 7.37. The number of likely N-dealkylation sites (N-methyl/N-ethyl adjacent to an activating group) is 1. The Morgan fingerprint density at radius 2 is 1.71 bits per heavy atom. The lowest BCUT2D eigenvalue weighted by Crippen LogP contribution is -2.46. The standard InChI is InChI=1S/C16H24N2O3/c1-4-14(18(5-2)6-3)15(19)17-11-12-7-9-13(10-8-12)16(20)21/h7-10,14H,4-6,11H2,1-3H3,(H,17,19)(H,20,21). The number of rotatable bonds is 8. The highest BCUT2D eigenvalue weighted by Crippen LogP contribution is 2.07. The maximum absolute atomic E-state index is 12.2. The van der Waals surface area contributed by atoms with Crippen LogP contribution in [0.2, 0.25) is 0 Å². The van der Waals surface area contributed by atoms with Crippen LogP contribution < -0.4 is 5.32 Å². The van der Waals surface area contributed by atoms with E-state index in [0.717, 1.165) is 25.1 Å². The first-order valence-corrected chi connectivity index (χ1v) is 7.37. The zero-order chi connectivity index (χ0) is 15.8. The van der Waals surface area contributed by atoms with Gasteiger partial charge in [0, 0.05) is 6.54 Å². The van der Waals surface area contributed by atoms with Gasteiger partial charge in [-0.25, -0.2) is 4.79 Å². The van der Waals surface area contributed by atoms with E-state index < -0.39 is 5.97 Å². The third kappa shape index (κ3) is 4.86. The van der Waals surface area contributed by atoms with E-state index in [2.05, 4.69) is 10.2 Å². The second-order valence-corrected chi connectivity index (χ2v) is 4.87. The summed E-state index contributed by atoms with van der Waals surface area (Å²) >= 11 is 0. The summed E-state index contributed by atoms with van der Waals surface area (Å²) in [6, 6.07) is 6.43. The summed E-state index contributed by atoms with van der Waals surface area (Å²) in [6.07, 6.45) is 0.769. The fraction of sp³-hybridized carbons (Fsp3) is 0.500. The summed E-state index contributed by atoms with van der Waals surface area (Å²) in [5.41, 5.74) is 1.14. The minimum atomic E-state index is -0.946. The molecule has 1 aromatic carbocycles. The molecule has 1 amide bonds. The van der Waals surface area contributed by atoms with Gasteiger partial charge in [0.1, 0.15) is 0 Å². The van der Waals surface area contributed by atoms with Gasteiger partial charge in [-0.3, -0.25) is 9.69 Å².